The van der Waals surface area contributed by atoms with E-state index in [1.54, 1.807) is 81.6 Å². The molecule has 4 aromatic rings. The number of hydrogen-bond acceptors (Lipinski definition) is 8. The monoisotopic (exact) mass is 642 g/mol. The third kappa shape index (κ3) is 8.20. The van der Waals surface area contributed by atoms with E-state index in [-0.39, 0.29) is 4.90 Å². The van der Waals surface area contributed by atoms with Gasteiger partial charge >= 0.3 is 6.09 Å². The number of para-hydroxylation sites is 2. The zero-order valence-electron chi connectivity index (χ0n) is 26.3. The molecular formula is C34H38N6O5S. The minimum Gasteiger partial charge on any atom is -0.444 e. The molecule has 1 aliphatic heterocycles. The van der Waals surface area contributed by atoms with Crippen molar-refractivity contribution in [1.82, 2.24) is 13.9 Å². The Balaban J connectivity index is 1.23. The summed E-state index contributed by atoms with van der Waals surface area (Å²) in [4.78, 5) is 34.1. The summed E-state index contributed by atoms with van der Waals surface area (Å²) in [5.41, 5.74) is 2.45. The van der Waals surface area contributed by atoms with Crippen LogP contribution in [0.4, 0.5) is 22.0 Å². The predicted octanol–water partition coefficient (Wildman–Crippen LogP) is 5.54. The number of aromatic nitrogens is 2. The molecule has 2 aromatic heterocycles. The van der Waals surface area contributed by atoms with Gasteiger partial charge in [-0.25, -0.2) is 22.2 Å². The standard InChI is InChI=1S/C34H38N6O5S/c1-34(2,3)45-33(42)37-30-8-6-5-7-29(30)36-32(41)14-9-25-16-18-40(24-25)46(43,44)28-12-10-26(11-13-28)27-15-17-35-31(23-27)39-21-19-38(4)20-22-39/h5-18,23-24H,19-22H2,1-4H3,(H,36,41)(H,37,42)/b14-9+. The molecule has 2 N–H and O–H groups in total. The lowest BCUT2D eigenvalue weighted by Crippen LogP contribution is -2.44. The van der Waals surface area contributed by atoms with Crippen LogP contribution in [0, 0.1) is 0 Å². The van der Waals surface area contributed by atoms with Gasteiger partial charge in [-0.3, -0.25) is 10.1 Å². The topological polar surface area (TPSA) is 126 Å². The average Bonchev–Trinajstić information content (AvgIpc) is 3.51. The molecule has 0 bridgehead atoms. The summed E-state index contributed by atoms with van der Waals surface area (Å²) >= 11 is 0. The van der Waals surface area contributed by atoms with Crippen LogP contribution in [0.25, 0.3) is 17.2 Å². The Bertz CT molecular complexity index is 1840. The van der Waals surface area contributed by atoms with Crippen LogP contribution in [0.15, 0.2) is 96.3 Å². The summed E-state index contributed by atoms with van der Waals surface area (Å²) in [5.74, 6) is 0.446. The lowest BCUT2D eigenvalue weighted by molar-refractivity contribution is -0.111. The summed E-state index contributed by atoms with van der Waals surface area (Å²) in [5, 5.41) is 5.36. The van der Waals surface area contributed by atoms with Crippen LogP contribution in [0.3, 0.4) is 0 Å². The van der Waals surface area contributed by atoms with E-state index in [0.717, 1.165) is 47.1 Å². The summed E-state index contributed by atoms with van der Waals surface area (Å²) in [6.45, 7) is 9.04. The molecule has 12 heteroatoms. The molecule has 0 spiro atoms. The Kier molecular flexibility index (Phi) is 9.59. The molecule has 2 amide bonds. The number of piperazine rings is 1. The third-order valence-electron chi connectivity index (χ3n) is 7.27. The fourth-order valence-electron chi connectivity index (χ4n) is 4.85. The number of anilines is 3. The van der Waals surface area contributed by atoms with Crippen LogP contribution in [0.2, 0.25) is 0 Å². The summed E-state index contributed by atoms with van der Waals surface area (Å²) < 4.78 is 33.1. The number of nitrogens with zero attached hydrogens (tertiary/aromatic N) is 4. The summed E-state index contributed by atoms with van der Waals surface area (Å²) in [7, 11) is -1.75. The molecule has 0 unspecified atom stereocenters. The molecule has 3 heterocycles. The van der Waals surface area contributed by atoms with Crippen molar-refractivity contribution in [1.29, 1.82) is 0 Å². The van der Waals surface area contributed by atoms with Gasteiger partial charge in [-0.05, 0) is 93.0 Å². The normalized spacial score (nSPS) is 14.3. The Morgan fingerprint density at radius 1 is 0.891 bits per heavy atom. The van der Waals surface area contributed by atoms with Gasteiger partial charge in [-0.2, -0.15) is 0 Å². The van der Waals surface area contributed by atoms with Gasteiger partial charge in [0.2, 0.25) is 5.91 Å². The van der Waals surface area contributed by atoms with Crippen LogP contribution in [0.5, 0.6) is 0 Å². The van der Waals surface area contributed by atoms with E-state index in [1.165, 1.54) is 24.5 Å². The molecule has 1 saturated heterocycles. The van der Waals surface area contributed by atoms with Gasteiger partial charge in [0.25, 0.3) is 10.0 Å². The fraction of sp³-hybridized carbons (Fsp3) is 0.265. The Labute approximate surface area is 269 Å². The van der Waals surface area contributed by atoms with Crippen molar-refractivity contribution in [2.75, 3.05) is 48.8 Å². The maximum atomic E-state index is 13.4. The van der Waals surface area contributed by atoms with E-state index in [2.05, 4.69) is 32.5 Å². The zero-order valence-corrected chi connectivity index (χ0v) is 27.1. The number of nitrogens with one attached hydrogen (secondary N) is 2. The molecule has 0 radical (unpaired) electrons. The van der Waals surface area contributed by atoms with Gasteiger partial charge in [0.15, 0.2) is 0 Å². The maximum Gasteiger partial charge on any atom is 0.412 e. The number of pyridine rings is 1. The van der Waals surface area contributed by atoms with Crippen molar-refractivity contribution in [3.05, 3.63) is 97.0 Å². The van der Waals surface area contributed by atoms with Crippen molar-refractivity contribution in [2.45, 2.75) is 31.3 Å². The zero-order chi connectivity index (χ0) is 32.9. The van der Waals surface area contributed by atoms with E-state index < -0.39 is 27.6 Å². The van der Waals surface area contributed by atoms with Crippen molar-refractivity contribution in [2.24, 2.45) is 0 Å². The van der Waals surface area contributed by atoms with Crippen molar-refractivity contribution in [3.63, 3.8) is 0 Å². The minimum atomic E-state index is -3.86. The largest absolute Gasteiger partial charge is 0.444 e. The highest BCUT2D eigenvalue weighted by Gasteiger charge is 2.19. The van der Waals surface area contributed by atoms with Crippen molar-refractivity contribution < 1.29 is 22.7 Å². The molecule has 11 nitrogen and oxygen atoms in total. The maximum absolute atomic E-state index is 13.4. The lowest BCUT2D eigenvalue weighted by atomic mass is 10.1. The second-order valence-corrected chi connectivity index (χ2v) is 13.8. The fourth-order valence-corrected chi connectivity index (χ4v) is 6.05. The first kappa shape index (κ1) is 32.5. The van der Waals surface area contributed by atoms with Crippen LogP contribution in [0.1, 0.15) is 26.3 Å². The van der Waals surface area contributed by atoms with E-state index in [4.69, 9.17) is 4.74 Å². The van der Waals surface area contributed by atoms with E-state index in [0.29, 0.717) is 16.9 Å². The molecule has 240 valence electrons. The van der Waals surface area contributed by atoms with Gasteiger partial charge in [-0.15, -0.1) is 0 Å². The third-order valence-corrected chi connectivity index (χ3v) is 8.92. The lowest BCUT2D eigenvalue weighted by Gasteiger charge is -2.33. The average molecular weight is 643 g/mol. The first-order chi connectivity index (χ1) is 21.9. The van der Waals surface area contributed by atoms with Gasteiger partial charge in [0, 0.05) is 50.8 Å². The van der Waals surface area contributed by atoms with Crippen molar-refractivity contribution in [3.8, 4) is 11.1 Å². The highest BCUT2D eigenvalue weighted by Crippen LogP contribution is 2.26. The van der Waals surface area contributed by atoms with Crippen LogP contribution < -0.4 is 15.5 Å². The van der Waals surface area contributed by atoms with Crippen LogP contribution in [-0.2, 0) is 19.6 Å². The van der Waals surface area contributed by atoms with Crippen LogP contribution >= 0.6 is 0 Å². The highest BCUT2D eigenvalue weighted by molar-refractivity contribution is 7.90. The summed E-state index contributed by atoms with van der Waals surface area (Å²) in [6.07, 6.45) is 6.81. The Morgan fingerprint density at radius 3 is 2.24 bits per heavy atom. The number of amides is 2. The SMILES string of the molecule is CN1CCN(c2cc(-c3ccc(S(=O)(=O)n4ccc(/C=C/C(=O)Nc5ccccc5NC(=O)OC(C)(C)C)c4)cc3)ccn2)CC1. The molecular weight excluding hydrogens is 604 g/mol. The Hall–Kier alpha value is -4.94. The first-order valence-electron chi connectivity index (χ1n) is 14.9. The van der Waals surface area contributed by atoms with Gasteiger partial charge in [-0.1, -0.05) is 24.3 Å². The number of ether oxygens (including phenoxy) is 1. The molecule has 0 atom stereocenters. The highest BCUT2D eigenvalue weighted by atomic mass is 32.2. The summed E-state index contributed by atoms with van der Waals surface area (Å²) in [6, 6.07) is 19.0. The number of benzene rings is 2. The van der Waals surface area contributed by atoms with Gasteiger partial charge in [0.05, 0.1) is 16.3 Å². The van der Waals surface area contributed by atoms with Gasteiger partial charge in [0.1, 0.15) is 11.4 Å². The van der Waals surface area contributed by atoms with Gasteiger partial charge < -0.3 is 19.9 Å². The molecule has 1 aliphatic rings. The quantitative estimate of drug-likeness (QED) is 0.240. The second-order valence-electron chi connectivity index (χ2n) is 12.0. The molecule has 0 saturated carbocycles. The molecule has 5 rings (SSSR count). The number of carbonyl (C=O) groups is 2. The van der Waals surface area contributed by atoms with Crippen LogP contribution in [-0.4, -0.2) is 73.1 Å². The molecule has 0 aliphatic carbocycles. The van der Waals surface area contributed by atoms with E-state index in [9.17, 15) is 18.0 Å². The predicted molar refractivity (Wildman–Crippen MR) is 180 cm³/mol. The van der Waals surface area contributed by atoms with E-state index in [1.807, 2.05) is 12.1 Å². The molecule has 2 aromatic carbocycles. The number of hydrogen-bond donors (Lipinski definition) is 2. The number of carbonyl (C=O) groups excluding carboxylic acids is 2. The number of rotatable bonds is 8. The molecule has 46 heavy (non-hydrogen) atoms. The number of likely N-dealkylation sites (N-methyl/N-ethyl adjacent to an activating group) is 1. The molecule has 1 fully saturated rings. The van der Waals surface area contributed by atoms with Crippen molar-refractivity contribution >= 4 is 45.3 Å². The smallest absolute Gasteiger partial charge is 0.412 e. The van der Waals surface area contributed by atoms with E-state index >= 15 is 0 Å². The first-order valence-corrected chi connectivity index (χ1v) is 16.3. The second kappa shape index (κ2) is 13.6. The minimum absolute atomic E-state index is 0.141. The Morgan fingerprint density at radius 2 is 1.57 bits per heavy atom.